The van der Waals surface area contributed by atoms with Gasteiger partial charge in [-0.15, -0.1) is 0 Å². The Morgan fingerprint density at radius 2 is 1.95 bits per heavy atom. The first-order valence-electron chi connectivity index (χ1n) is 5.55. The number of hydrogen-bond acceptors (Lipinski definition) is 5. The minimum Gasteiger partial charge on any atom is -0.497 e. The molecule has 0 amide bonds. The van der Waals surface area contributed by atoms with Gasteiger partial charge in [-0.25, -0.2) is 8.42 Å². The van der Waals surface area contributed by atoms with Crippen molar-refractivity contribution in [3.8, 4) is 16.9 Å². The average Bonchev–Trinajstić information content (AvgIpc) is 2.68. The zero-order chi connectivity index (χ0) is 14.0. The van der Waals surface area contributed by atoms with Gasteiger partial charge in [0.05, 0.1) is 18.6 Å². The molecule has 0 spiro atoms. The van der Waals surface area contributed by atoms with Gasteiger partial charge in [0.2, 0.25) is 0 Å². The van der Waals surface area contributed by atoms with Crippen LogP contribution >= 0.6 is 0 Å². The summed E-state index contributed by atoms with van der Waals surface area (Å²) < 4.78 is 27.8. The van der Waals surface area contributed by atoms with Crippen LogP contribution in [0.1, 0.15) is 5.69 Å². The quantitative estimate of drug-likeness (QED) is 0.877. The van der Waals surface area contributed by atoms with Crippen LogP contribution < -0.4 is 10.5 Å². The van der Waals surface area contributed by atoms with Crippen LogP contribution in [0.2, 0.25) is 0 Å². The highest BCUT2D eigenvalue weighted by atomic mass is 32.2. The number of sulfone groups is 1. The summed E-state index contributed by atoms with van der Waals surface area (Å²) in [6, 6.07) is 7.19. The molecular weight excluding hydrogens is 266 g/mol. The Morgan fingerprint density at radius 1 is 1.32 bits per heavy atom. The monoisotopic (exact) mass is 281 g/mol. The van der Waals surface area contributed by atoms with E-state index >= 15 is 0 Å². The molecule has 2 aromatic rings. The van der Waals surface area contributed by atoms with Crippen LogP contribution in [0, 0.1) is 0 Å². The SMILES string of the molecule is COc1ccc(-c2c(N)n[nH]c2CS(C)(=O)=O)cc1. The molecule has 6 nitrogen and oxygen atoms in total. The zero-order valence-electron chi connectivity index (χ0n) is 10.7. The number of anilines is 1. The Bertz CT molecular complexity index is 675. The predicted octanol–water partition coefficient (Wildman–Crippen LogP) is 1.21. The summed E-state index contributed by atoms with van der Waals surface area (Å²) in [4.78, 5) is 0. The normalized spacial score (nSPS) is 11.5. The van der Waals surface area contributed by atoms with E-state index in [-0.39, 0.29) is 11.6 Å². The fourth-order valence-corrected chi connectivity index (χ4v) is 2.57. The lowest BCUT2D eigenvalue weighted by Gasteiger charge is -2.05. The lowest BCUT2D eigenvalue weighted by Crippen LogP contribution is -2.02. The number of ether oxygens (including phenoxy) is 1. The number of nitrogens with one attached hydrogen (secondary N) is 1. The summed E-state index contributed by atoms with van der Waals surface area (Å²) in [6.07, 6.45) is 1.17. The van der Waals surface area contributed by atoms with Crippen LogP contribution in [-0.2, 0) is 15.6 Å². The Balaban J connectivity index is 2.45. The van der Waals surface area contributed by atoms with E-state index in [0.29, 0.717) is 11.3 Å². The molecule has 0 fully saturated rings. The molecular formula is C12H15N3O3S. The maximum Gasteiger partial charge on any atom is 0.153 e. The van der Waals surface area contributed by atoms with Crippen molar-refractivity contribution >= 4 is 15.7 Å². The molecule has 0 unspecified atom stereocenters. The van der Waals surface area contributed by atoms with Crippen LogP contribution in [0.3, 0.4) is 0 Å². The molecule has 0 radical (unpaired) electrons. The molecule has 1 aromatic carbocycles. The molecule has 0 aliphatic rings. The summed E-state index contributed by atoms with van der Waals surface area (Å²) in [7, 11) is -1.58. The summed E-state index contributed by atoms with van der Waals surface area (Å²) in [6.45, 7) is 0. The van der Waals surface area contributed by atoms with Gasteiger partial charge in [0.1, 0.15) is 5.75 Å². The first-order valence-corrected chi connectivity index (χ1v) is 7.61. The largest absolute Gasteiger partial charge is 0.497 e. The third kappa shape index (κ3) is 3.05. The molecule has 0 bridgehead atoms. The van der Waals surface area contributed by atoms with E-state index in [1.54, 1.807) is 19.2 Å². The third-order valence-electron chi connectivity index (χ3n) is 2.65. The van der Waals surface area contributed by atoms with Gasteiger partial charge in [0.25, 0.3) is 0 Å². The van der Waals surface area contributed by atoms with E-state index in [2.05, 4.69) is 10.2 Å². The lowest BCUT2D eigenvalue weighted by atomic mass is 10.1. The van der Waals surface area contributed by atoms with E-state index in [4.69, 9.17) is 10.5 Å². The number of methoxy groups -OCH3 is 1. The van der Waals surface area contributed by atoms with Crippen LogP contribution in [-0.4, -0.2) is 32.0 Å². The molecule has 7 heteroatoms. The van der Waals surface area contributed by atoms with E-state index < -0.39 is 9.84 Å². The number of nitrogens with zero attached hydrogens (tertiary/aromatic N) is 1. The second-order valence-corrected chi connectivity index (χ2v) is 6.40. The number of nitrogens with two attached hydrogens (primary N) is 1. The molecule has 2 rings (SSSR count). The lowest BCUT2D eigenvalue weighted by molar-refractivity contribution is 0.415. The van der Waals surface area contributed by atoms with Crippen LogP contribution in [0.15, 0.2) is 24.3 Å². The Labute approximate surface area is 111 Å². The molecule has 102 valence electrons. The Kier molecular flexibility index (Phi) is 3.48. The number of nitrogen functional groups attached to an aromatic ring is 1. The van der Waals surface area contributed by atoms with Gasteiger partial charge in [-0.2, -0.15) is 5.10 Å². The van der Waals surface area contributed by atoms with E-state index in [9.17, 15) is 8.42 Å². The highest BCUT2D eigenvalue weighted by molar-refractivity contribution is 7.89. The fourth-order valence-electron chi connectivity index (χ4n) is 1.84. The topological polar surface area (TPSA) is 98.1 Å². The second-order valence-electron chi connectivity index (χ2n) is 4.26. The van der Waals surface area contributed by atoms with Crippen molar-refractivity contribution in [2.75, 3.05) is 19.1 Å². The molecule has 0 atom stereocenters. The standard InChI is InChI=1S/C12H15N3O3S/c1-18-9-5-3-8(4-6-9)11-10(7-19(2,16)17)14-15-12(11)13/h3-6H,7H2,1-2H3,(H3,13,14,15). The number of rotatable bonds is 4. The predicted molar refractivity (Wildman–Crippen MR) is 73.5 cm³/mol. The van der Waals surface area contributed by atoms with Crippen molar-refractivity contribution in [3.05, 3.63) is 30.0 Å². The third-order valence-corrected chi connectivity index (χ3v) is 3.47. The Hall–Kier alpha value is -2.02. The van der Waals surface area contributed by atoms with Gasteiger partial charge < -0.3 is 10.5 Å². The first kappa shape index (κ1) is 13.4. The number of aromatic nitrogens is 2. The van der Waals surface area contributed by atoms with Crippen LogP contribution in [0.5, 0.6) is 5.75 Å². The molecule has 1 aromatic heterocycles. The van der Waals surface area contributed by atoms with Crippen molar-refractivity contribution in [2.45, 2.75) is 5.75 Å². The van der Waals surface area contributed by atoms with Crippen molar-refractivity contribution in [2.24, 2.45) is 0 Å². The van der Waals surface area contributed by atoms with Crippen LogP contribution in [0.4, 0.5) is 5.82 Å². The maximum atomic E-state index is 11.4. The van der Waals surface area contributed by atoms with Crippen molar-refractivity contribution in [1.82, 2.24) is 10.2 Å². The smallest absolute Gasteiger partial charge is 0.153 e. The van der Waals surface area contributed by atoms with Crippen molar-refractivity contribution in [3.63, 3.8) is 0 Å². The van der Waals surface area contributed by atoms with E-state index in [0.717, 1.165) is 11.3 Å². The second kappa shape index (κ2) is 4.93. The van der Waals surface area contributed by atoms with Gasteiger partial charge in [-0.1, -0.05) is 12.1 Å². The fraction of sp³-hybridized carbons (Fsp3) is 0.250. The minimum absolute atomic E-state index is 0.126. The summed E-state index contributed by atoms with van der Waals surface area (Å²) in [5, 5.41) is 6.55. The first-order chi connectivity index (χ1) is 8.90. The number of aromatic amines is 1. The average molecular weight is 281 g/mol. The number of benzene rings is 1. The molecule has 0 saturated carbocycles. The maximum absolute atomic E-state index is 11.4. The highest BCUT2D eigenvalue weighted by Gasteiger charge is 2.16. The highest BCUT2D eigenvalue weighted by Crippen LogP contribution is 2.30. The molecule has 0 aliphatic heterocycles. The van der Waals surface area contributed by atoms with Gasteiger partial charge in [0.15, 0.2) is 15.7 Å². The van der Waals surface area contributed by atoms with Crippen LogP contribution in [0.25, 0.3) is 11.1 Å². The van der Waals surface area contributed by atoms with Gasteiger partial charge in [-0.3, -0.25) is 5.10 Å². The minimum atomic E-state index is -3.16. The molecule has 3 N–H and O–H groups in total. The van der Waals surface area contributed by atoms with Crippen molar-refractivity contribution < 1.29 is 13.2 Å². The van der Waals surface area contributed by atoms with E-state index in [1.165, 1.54) is 6.26 Å². The van der Waals surface area contributed by atoms with Crippen molar-refractivity contribution in [1.29, 1.82) is 0 Å². The summed E-state index contributed by atoms with van der Waals surface area (Å²) in [5.74, 6) is 0.873. The molecule has 1 heterocycles. The van der Waals surface area contributed by atoms with E-state index in [1.807, 2.05) is 12.1 Å². The zero-order valence-corrected chi connectivity index (χ0v) is 11.5. The van der Waals surface area contributed by atoms with Gasteiger partial charge >= 0.3 is 0 Å². The Morgan fingerprint density at radius 3 is 2.47 bits per heavy atom. The van der Waals surface area contributed by atoms with Gasteiger partial charge in [-0.05, 0) is 17.7 Å². The van der Waals surface area contributed by atoms with Gasteiger partial charge in [0, 0.05) is 11.8 Å². The molecule has 0 saturated heterocycles. The summed E-state index contributed by atoms with van der Waals surface area (Å²) in [5.41, 5.74) is 7.70. The molecule has 19 heavy (non-hydrogen) atoms. The number of hydrogen-bond donors (Lipinski definition) is 2. The number of H-pyrrole nitrogens is 1. The molecule has 0 aliphatic carbocycles. The summed E-state index contributed by atoms with van der Waals surface area (Å²) >= 11 is 0.